The highest BCUT2D eigenvalue weighted by molar-refractivity contribution is 7.86. The van der Waals surface area contributed by atoms with Gasteiger partial charge in [-0.1, -0.05) is 84.3 Å². The van der Waals surface area contributed by atoms with E-state index in [4.69, 9.17) is 0 Å². The van der Waals surface area contributed by atoms with Gasteiger partial charge in [0.05, 0.1) is 12.0 Å². The lowest BCUT2D eigenvalue weighted by Gasteiger charge is -2.14. The van der Waals surface area contributed by atoms with Crippen LogP contribution in [0.1, 0.15) is 90.0 Å². The predicted molar refractivity (Wildman–Crippen MR) is 105 cm³/mol. The van der Waals surface area contributed by atoms with Crippen LogP contribution < -0.4 is 0 Å². The van der Waals surface area contributed by atoms with E-state index >= 15 is 0 Å². The van der Waals surface area contributed by atoms with Gasteiger partial charge in [-0.2, -0.15) is 8.42 Å². The fourth-order valence-corrected chi connectivity index (χ4v) is 3.90. The molecule has 0 aromatic heterocycles. The van der Waals surface area contributed by atoms with E-state index in [2.05, 4.69) is 25.0 Å². The minimum Gasteiger partial charge on any atom is -0.270 e. The van der Waals surface area contributed by atoms with Crippen molar-refractivity contribution in [2.24, 2.45) is 5.92 Å². The van der Waals surface area contributed by atoms with Crippen LogP contribution in [0.2, 0.25) is 0 Å². The van der Waals surface area contributed by atoms with Crippen molar-refractivity contribution in [3.05, 3.63) is 29.8 Å². The van der Waals surface area contributed by atoms with Crippen LogP contribution in [-0.4, -0.2) is 15.5 Å². The molecule has 2 atom stereocenters. The smallest absolute Gasteiger partial charge is 0.270 e. The van der Waals surface area contributed by atoms with Gasteiger partial charge >= 0.3 is 0 Å². The first-order valence-electron chi connectivity index (χ1n) is 9.81. The summed E-state index contributed by atoms with van der Waals surface area (Å²) in [6.07, 6.45) is 11.8. The molecule has 1 aromatic carbocycles. The number of hydrogen-bond donors (Lipinski definition) is 0. The monoisotopic (exact) mass is 368 g/mol. The molecule has 0 aliphatic heterocycles. The maximum Gasteiger partial charge on any atom is 0.296 e. The Morgan fingerprint density at radius 2 is 1.44 bits per heavy atom. The molecule has 3 nitrogen and oxygen atoms in total. The quantitative estimate of drug-likeness (QED) is 0.303. The Balaban J connectivity index is 2.29. The topological polar surface area (TPSA) is 43.4 Å². The highest BCUT2D eigenvalue weighted by atomic mass is 32.2. The summed E-state index contributed by atoms with van der Waals surface area (Å²) in [6.45, 7) is 6.85. The van der Waals surface area contributed by atoms with Crippen molar-refractivity contribution in [1.29, 1.82) is 0 Å². The molecule has 2 unspecified atom stereocenters. The van der Waals surface area contributed by atoms with Crippen LogP contribution in [-0.2, 0) is 14.3 Å². The third kappa shape index (κ3) is 8.37. The fraction of sp³-hybridized carbons (Fsp3) is 0.714. The first-order chi connectivity index (χ1) is 11.9. The zero-order valence-electron chi connectivity index (χ0n) is 16.5. The van der Waals surface area contributed by atoms with E-state index in [9.17, 15) is 8.42 Å². The van der Waals surface area contributed by atoms with E-state index in [1.54, 1.807) is 12.1 Å². The van der Waals surface area contributed by atoms with Crippen molar-refractivity contribution in [2.75, 3.05) is 7.11 Å². The first-order valence-corrected chi connectivity index (χ1v) is 11.2. The molecule has 0 spiro atoms. The third-order valence-corrected chi connectivity index (χ3v) is 6.38. The molecule has 0 aliphatic rings. The molecule has 0 radical (unpaired) electrons. The van der Waals surface area contributed by atoms with Crippen LogP contribution in [0.3, 0.4) is 0 Å². The summed E-state index contributed by atoms with van der Waals surface area (Å²) in [5.41, 5.74) is 1.20. The minimum absolute atomic E-state index is 0.225. The molecule has 0 amide bonds. The molecule has 4 heteroatoms. The fourth-order valence-electron chi connectivity index (χ4n) is 3.23. The lowest BCUT2D eigenvalue weighted by Crippen LogP contribution is -2.03. The molecule has 25 heavy (non-hydrogen) atoms. The number of rotatable bonds is 13. The molecule has 0 heterocycles. The molecule has 1 rings (SSSR count). The molecule has 0 saturated carbocycles. The molecular weight excluding hydrogens is 332 g/mol. The van der Waals surface area contributed by atoms with Gasteiger partial charge in [0.1, 0.15) is 0 Å². The molecule has 144 valence electrons. The average Bonchev–Trinajstić information content (AvgIpc) is 2.62. The second-order valence-corrected chi connectivity index (χ2v) is 9.04. The summed E-state index contributed by atoms with van der Waals surface area (Å²) in [5, 5.41) is 0. The van der Waals surface area contributed by atoms with Gasteiger partial charge in [0.15, 0.2) is 0 Å². The molecule has 1 aromatic rings. The summed E-state index contributed by atoms with van der Waals surface area (Å²) < 4.78 is 27.8. The van der Waals surface area contributed by atoms with Gasteiger partial charge in [0, 0.05) is 0 Å². The highest BCUT2D eigenvalue weighted by Crippen LogP contribution is 2.25. The molecule has 0 saturated heterocycles. The number of unbranched alkanes of at least 4 members (excludes halogenated alkanes) is 4. The first kappa shape index (κ1) is 22.2. The SMILES string of the molecule is CCCCCCC(C)CCCCC(C)c1ccc(S(=O)(=O)OC)cc1. The van der Waals surface area contributed by atoms with Gasteiger partial charge in [-0.15, -0.1) is 0 Å². The summed E-state index contributed by atoms with van der Waals surface area (Å²) in [7, 11) is -2.39. The standard InChI is InChI=1S/C21H36O3S/c1-5-6-7-8-11-18(2)12-9-10-13-19(3)20-14-16-21(17-15-20)25(22,23)24-4/h14-19H,5-13H2,1-4H3. The van der Waals surface area contributed by atoms with E-state index in [0.29, 0.717) is 5.92 Å². The van der Waals surface area contributed by atoms with E-state index < -0.39 is 10.1 Å². The maximum atomic E-state index is 11.6. The Kier molecular flexibility index (Phi) is 10.4. The third-order valence-electron chi connectivity index (χ3n) is 5.09. The molecular formula is C21H36O3S. The zero-order chi connectivity index (χ0) is 18.7. The van der Waals surface area contributed by atoms with Gasteiger partial charge in [-0.05, 0) is 36.0 Å². The average molecular weight is 369 g/mol. The Morgan fingerprint density at radius 1 is 0.880 bits per heavy atom. The molecule has 0 aliphatic carbocycles. The van der Waals surface area contributed by atoms with E-state index in [-0.39, 0.29) is 4.90 Å². The lowest BCUT2D eigenvalue weighted by molar-refractivity contribution is 0.397. The van der Waals surface area contributed by atoms with Crippen LogP contribution in [0.25, 0.3) is 0 Å². The highest BCUT2D eigenvalue weighted by Gasteiger charge is 2.13. The van der Waals surface area contributed by atoms with E-state index in [0.717, 1.165) is 12.3 Å². The van der Waals surface area contributed by atoms with Crippen LogP contribution in [0.4, 0.5) is 0 Å². The zero-order valence-corrected chi connectivity index (χ0v) is 17.3. The Labute approximate surface area is 155 Å². The Morgan fingerprint density at radius 3 is 2.00 bits per heavy atom. The van der Waals surface area contributed by atoms with Crippen molar-refractivity contribution >= 4 is 10.1 Å². The molecule has 0 bridgehead atoms. The normalized spacial score (nSPS) is 14.4. The van der Waals surface area contributed by atoms with Gasteiger partial charge in [0.25, 0.3) is 10.1 Å². The predicted octanol–water partition coefficient (Wildman–Crippen LogP) is 6.29. The lowest BCUT2D eigenvalue weighted by atomic mass is 9.92. The van der Waals surface area contributed by atoms with Crippen LogP contribution >= 0.6 is 0 Å². The van der Waals surface area contributed by atoms with Gasteiger partial charge < -0.3 is 0 Å². The van der Waals surface area contributed by atoms with Crippen molar-refractivity contribution in [3.8, 4) is 0 Å². The van der Waals surface area contributed by atoms with Gasteiger partial charge in [-0.3, -0.25) is 4.18 Å². The summed E-state index contributed by atoms with van der Waals surface area (Å²) in [6, 6.07) is 7.10. The second kappa shape index (κ2) is 11.7. The maximum absolute atomic E-state index is 11.6. The van der Waals surface area contributed by atoms with Crippen LogP contribution in [0.5, 0.6) is 0 Å². The Bertz CT molecular complexity index is 563. The minimum atomic E-state index is -3.58. The van der Waals surface area contributed by atoms with Crippen molar-refractivity contribution in [2.45, 2.75) is 89.4 Å². The summed E-state index contributed by atoms with van der Waals surface area (Å²) >= 11 is 0. The number of benzene rings is 1. The second-order valence-electron chi connectivity index (χ2n) is 7.33. The molecule has 0 fully saturated rings. The van der Waals surface area contributed by atoms with Crippen molar-refractivity contribution in [1.82, 2.24) is 0 Å². The van der Waals surface area contributed by atoms with Crippen molar-refractivity contribution in [3.63, 3.8) is 0 Å². The van der Waals surface area contributed by atoms with Gasteiger partial charge in [-0.25, -0.2) is 0 Å². The molecule has 0 N–H and O–H groups in total. The Hall–Kier alpha value is -0.870. The van der Waals surface area contributed by atoms with E-state index in [1.807, 2.05) is 12.1 Å². The number of hydrogen-bond acceptors (Lipinski definition) is 3. The summed E-state index contributed by atoms with van der Waals surface area (Å²) in [4.78, 5) is 0.225. The van der Waals surface area contributed by atoms with Gasteiger partial charge in [0.2, 0.25) is 0 Å². The largest absolute Gasteiger partial charge is 0.296 e. The van der Waals surface area contributed by atoms with E-state index in [1.165, 1.54) is 64.0 Å². The van der Waals surface area contributed by atoms with Crippen LogP contribution in [0.15, 0.2) is 29.2 Å². The van der Waals surface area contributed by atoms with Crippen molar-refractivity contribution < 1.29 is 12.6 Å². The summed E-state index contributed by atoms with van der Waals surface area (Å²) in [5.74, 6) is 1.30. The van der Waals surface area contributed by atoms with Crippen LogP contribution in [0, 0.1) is 5.92 Å².